The van der Waals surface area contributed by atoms with Gasteiger partial charge in [0, 0.05) is 31.9 Å². The van der Waals surface area contributed by atoms with Gasteiger partial charge in [-0.3, -0.25) is 4.90 Å². The van der Waals surface area contributed by atoms with Gasteiger partial charge in [0.25, 0.3) is 0 Å². The van der Waals surface area contributed by atoms with Crippen molar-refractivity contribution in [3.8, 4) is 0 Å². The molecule has 138 valence electrons. The van der Waals surface area contributed by atoms with E-state index in [1.54, 1.807) is 18.6 Å². The lowest BCUT2D eigenvalue weighted by Crippen LogP contribution is -2.22. The van der Waals surface area contributed by atoms with Crippen LogP contribution >= 0.6 is 0 Å². The Balaban J connectivity index is 1.56. The van der Waals surface area contributed by atoms with Gasteiger partial charge in [0.15, 0.2) is 5.82 Å². The van der Waals surface area contributed by atoms with E-state index in [0.29, 0.717) is 23.8 Å². The molecule has 0 saturated heterocycles. The normalized spacial score (nSPS) is 12.0. The summed E-state index contributed by atoms with van der Waals surface area (Å²) in [6, 6.07) is 5.14. The number of hydrogen-bond donors (Lipinski definition) is 0. The highest BCUT2D eigenvalue weighted by Crippen LogP contribution is 2.29. The minimum Gasteiger partial charge on any atom is -0.338 e. The Hall–Kier alpha value is -2.68. The molecule has 3 rings (SSSR count). The molecule has 0 bridgehead atoms. The number of imidazole rings is 1. The summed E-state index contributed by atoms with van der Waals surface area (Å²) in [5.41, 5.74) is -0.196. The summed E-state index contributed by atoms with van der Waals surface area (Å²) in [5.74, 6) is 0.794. The molecule has 0 saturated carbocycles. The van der Waals surface area contributed by atoms with Crippen LogP contribution in [0.1, 0.15) is 22.8 Å². The lowest BCUT2D eigenvalue weighted by Gasteiger charge is -2.13. The van der Waals surface area contributed by atoms with E-state index in [-0.39, 0.29) is 6.42 Å². The van der Waals surface area contributed by atoms with Crippen LogP contribution in [0.2, 0.25) is 0 Å². The van der Waals surface area contributed by atoms with Crippen molar-refractivity contribution >= 4 is 0 Å². The Morgan fingerprint density at radius 3 is 2.85 bits per heavy atom. The van der Waals surface area contributed by atoms with Gasteiger partial charge in [0.1, 0.15) is 0 Å². The first-order chi connectivity index (χ1) is 12.4. The quantitative estimate of drug-likeness (QED) is 0.644. The van der Waals surface area contributed by atoms with Crippen molar-refractivity contribution in [2.24, 2.45) is 0 Å². The van der Waals surface area contributed by atoms with E-state index in [4.69, 9.17) is 4.52 Å². The smallest absolute Gasteiger partial charge is 0.338 e. The second-order valence-electron chi connectivity index (χ2n) is 6.02. The van der Waals surface area contributed by atoms with Crippen LogP contribution in [0.3, 0.4) is 0 Å². The lowest BCUT2D eigenvalue weighted by molar-refractivity contribution is -0.137. The summed E-state index contributed by atoms with van der Waals surface area (Å²) in [6.07, 6.45) is 1.17. The van der Waals surface area contributed by atoms with Gasteiger partial charge in [-0.1, -0.05) is 23.4 Å². The summed E-state index contributed by atoms with van der Waals surface area (Å²) in [6.45, 7) is 2.01. The number of nitrogens with zero attached hydrogens (tertiary/aromatic N) is 5. The Morgan fingerprint density at radius 1 is 1.27 bits per heavy atom. The molecular formula is C17H18F3N5O. The van der Waals surface area contributed by atoms with Gasteiger partial charge in [-0.05, 0) is 18.7 Å². The molecule has 26 heavy (non-hydrogen) atoms. The van der Waals surface area contributed by atoms with Gasteiger partial charge in [-0.2, -0.15) is 18.2 Å². The third-order valence-corrected chi connectivity index (χ3v) is 3.83. The molecule has 0 radical (unpaired) electrons. The molecule has 2 aromatic heterocycles. The van der Waals surface area contributed by atoms with Crippen LogP contribution in [0, 0.1) is 0 Å². The summed E-state index contributed by atoms with van der Waals surface area (Å²) in [4.78, 5) is 10.3. The van der Waals surface area contributed by atoms with Crippen molar-refractivity contribution in [3.63, 3.8) is 0 Å². The average Bonchev–Trinajstić information content (AvgIpc) is 3.24. The molecule has 0 aliphatic heterocycles. The Kier molecular flexibility index (Phi) is 5.36. The van der Waals surface area contributed by atoms with Crippen LogP contribution < -0.4 is 0 Å². The minimum absolute atomic E-state index is 0.187. The number of likely N-dealkylation sites (N-methyl/N-ethyl adjacent to an activating group) is 1. The number of alkyl halides is 3. The van der Waals surface area contributed by atoms with E-state index < -0.39 is 11.7 Å². The molecule has 6 nitrogen and oxygen atoms in total. The van der Waals surface area contributed by atoms with Gasteiger partial charge >= 0.3 is 6.18 Å². The van der Waals surface area contributed by atoms with E-state index in [1.807, 2.05) is 22.7 Å². The molecule has 0 atom stereocenters. The third-order valence-electron chi connectivity index (χ3n) is 3.83. The van der Waals surface area contributed by atoms with Crippen molar-refractivity contribution in [2.45, 2.75) is 25.7 Å². The maximum Gasteiger partial charge on any atom is 0.416 e. The zero-order chi connectivity index (χ0) is 18.6. The maximum atomic E-state index is 12.8. The Labute approximate surface area is 148 Å². The first-order valence-electron chi connectivity index (χ1n) is 8.02. The van der Waals surface area contributed by atoms with Gasteiger partial charge in [0.05, 0.1) is 18.4 Å². The van der Waals surface area contributed by atoms with Gasteiger partial charge in [-0.25, -0.2) is 4.98 Å². The van der Waals surface area contributed by atoms with Crippen LogP contribution in [0.25, 0.3) is 0 Å². The molecule has 0 unspecified atom stereocenters. The number of aromatic nitrogens is 4. The molecule has 3 aromatic rings. The standard InChI is InChI=1S/C17H18F3N5O/c1-24(7-8-25-6-5-21-12-25)11-16-22-15(23-26-16)10-13-3-2-4-14(9-13)17(18,19)20/h2-6,9,12H,7-8,10-11H2,1H3. The van der Waals surface area contributed by atoms with Crippen molar-refractivity contribution in [1.82, 2.24) is 24.6 Å². The van der Waals surface area contributed by atoms with Crippen molar-refractivity contribution in [1.29, 1.82) is 0 Å². The molecule has 2 heterocycles. The molecule has 0 aliphatic rings. The molecule has 0 amide bonds. The molecule has 1 aromatic carbocycles. The van der Waals surface area contributed by atoms with Crippen LogP contribution in [-0.2, 0) is 25.7 Å². The third kappa shape index (κ3) is 4.92. The highest BCUT2D eigenvalue weighted by Gasteiger charge is 2.30. The van der Waals surface area contributed by atoms with E-state index in [9.17, 15) is 13.2 Å². The molecular weight excluding hydrogens is 347 g/mol. The van der Waals surface area contributed by atoms with Crippen molar-refractivity contribution in [2.75, 3.05) is 13.6 Å². The predicted molar refractivity (Wildman–Crippen MR) is 87.1 cm³/mol. The first kappa shape index (κ1) is 18.1. The van der Waals surface area contributed by atoms with Crippen LogP contribution in [0.15, 0.2) is 47.5 Å². The van der Waals surface area contributed by atoms with Gasteiger partial charge in [-0.15, -0.1) is 0 Å². The summed E-state index contributed by atoms with van der Waals surface area (Å²) in [5, 5.41) is 3.86. The van der Waals surface area contributed by atoms with E-state index in [0.717, 1.165) is 25.2 Å². The molecule has 9 heteroatoms. The Bertz CT molecular complexity index is 829. The van der Waals surface area contributed by atoms with Crippen LogP contribution in [-0.4, -0.2) is 38.2 Å². The SMILES string of the molecule is CN(CCn1ccnc1)Cc1nc(Cc2cccc(C(F)(F)F)c2)no1. The van der Waals surface area contributed by atoms with Crippen LogP contribution in [0.4, 0.5) is 13.2 Å². The minimum atomic E-state index is -4.36. The summed E-state index contributed by atoms with van der Waals surface area (Å²) >= 11 is 0. The zero-order valence-corrected chi connectivity index (χ0v) is 14.1. The summed E-state index contributed by atoms with van der Waals surface area (Å²) < 4.78 is 45.5. The second-order valence-corrected chi connectivity index (χ2v) is 6.02. The first-order valence-corrected chi connectivity index (χ1v) is 8.02. The van der Waals surface area contributed by atoms with E-state index in [2.05, 4.69) is 15.1 Å². The molecule has 0 aliphatic carbocycles. The molecule has 0 fully saturated rings. The highest BCUT2D eigenvalue weighted by atomic mass is 19.4. The number of halogens is 3. The van der Waals surface area contributed by atoms with E-state index in [1.165, 1.54) is 6.07 Å². The van der Waals surface area contributed by atoms with Gasteiger partial charge in [0.2, 0.25) is 5.89 Å². The average molecular weight is 365 g/mol. The fourth-order valence-corrected chi connectivity index (χ4v) is 2.48. The monoisotopic (exact) mass is 365 g/mol. The lowest BCUT2D eigenvalue weighted by atomic mass is 10.1. The predicted octanol–water partition coefficient (Wildman–Crippen LogP) is 3.01. The maximum absolute atomic E-state index is 12.8. The van der Waals surface area contributed by atoms with Crippen molar-refractivity contribution in [3.05, 3.63) is 65.8 Å². The number of rotatable bonds is 7. The topological polar surface area (TPSA) is 60.0 Å². The fourth-order valence-electron chi connectivity index (χ4n) is 2.48. The summed E-state index contributed by atoms with van der Waals surface area (Å²) in [7, 11) is 1.92. The van der Waals surface area contributed by atoms with E-state index >= 15 is 0 Å². The van der Waals surface area contributed by atoms with Crippen LogP contribution in [0.5, 0.6) is 0 Å². The second kappa shape index (κ2) is 7.69. The highest BCUT2D eigenvalue weighted by molar-refractivity contribution is 5.27. The van der Waals surface area contributed by atoms with Gasteiger partial charge < -0.3 is 9.09 Å². The number of benzene rings is 1. The Morgan fingerprint density at radius 2 is 2.12 bits per heavy atom. The number of hydrogen-bond acceptors (Lipinski definition) is 5. The largest absolute Gasteiger partial charge is 0.416 e. The fraction of sp³-hybridized carbons (Fsp3) is 0.353. The zero-order valence-electron chi connectivity index (χ0n) is 14.1. The molecule has 0 spiro atoms. The van der Waals surface area contributed by atoms with Crippen molar-refractivity contribution < 1.29 is 17.7 Å². The molecule has 0 N–H and O–H groups in total.